The molecule has 2 N–H and O–H groups in total. The fourth-order valence-electron chi connectivity index (χ4n) is 4.17. The predicted molar refractivity (Wildman–Crippen MR) is 105 cm³/mol. The standard InChI is InChI=1S/C21H22FN5O2/c22-15-7-5-14(6-8-15)20-16-4-2-1-3-13(16)9-10-27(20)21(28)19-11-18(25-26-24)17(23)12-29-19/h1-8,17-20H,9-12,23H2/t17-,18?,19+,20-/m0/s1. The van der Waals surface area contributed by atoms with Crippen LogP contribution in [0.4, 0.5) is 4.39 Å². The number of carbonyl (C=O) groups is 1. The van der Waals surface area contributed by atoms with Crippen LogP contribution in [-0.4, -0.2) is 42.1 Å². The first-order valence-corrected chi connectivity index (χ1v) is 9.63. The number of halogens is 1. The minimum atomic E-state index is -0.724. The van der Waals surface area contributed by atoms with Crippen LogP contribution in [0, 0.1) is 5.82 Å². The van der Waals surface area contributed by atoms with Gasteiger partial charge >= 0.3 is 0 Å². The molecule has 1 amide bonds. The van der Waals surface area contributed by atoms with Gasteiger partial charge in [0.1, 0.15) is 11.9 Å². The second-order valence-electron chi connectivity index (χ2n) is 7.43. The summed E-state index contributed by atoms with van der Waals surface area (Å²) in [6.07, 6.45) is 0.253. The van der Waals surface area contributed by atoms with E-state index in [4.69, 9.17) is 16.0 Å². The maximum absolute atomic E-state index is 13.5. The highest BCUT2D eigenvalue weighted by Crippen LogP contribution is 2.36. The number of benzene rings is 2. The van der Waals surface area contributed by atoms with Crippen LogP contribution in [0.2, 0.25) is 0 Å². The summed E-state index contributed by atoms with van der Waals surface area (Å²) in [7, 11) is 0. The number of hydrogen-bond acceptors (Lipinski definition) is 4. The molecule has 0 bridgehead atoms. The molecule has 0 aliphatic carbocycles. The van der Waals surface area contributed by atoms with E-state index in [2.05, 4.69) is 16.1 Å². The third kappa shape index (κ3) is 3.82. The molecule has 0 saturated carbocycles. The lowest BCUT2D eigenvalue weighted by atomic mass is 9.87. The Labute approximate surface area is 167 Å². The zero-order valence-electron chi connectivity index (χ0n) is 15.8. The largest absolute Gasteiger partial charge is 0.367 e. The lowest BCUT2D eigenvalue weighted by Crippen LogP contribution is -2.53. The molecule has 1 fully saturated rings. The molecule has 29 heavy (non-hydrogen) atoms. The van der Waals surface area contributed by atoms with Gasteiger partial charge in [0, 0.05) is 17.5 Å². The topological polar surface area (TPSA) is 104 Å². The van der Waals surface area contributed by atoms with Crippen LogP contribution in [0.5, 0.6) is 0 Å². The molecule has 2 heterocycles. The predicted octanol–water partition coefficient (Wildman–Crippen LogP) is 3.09. The monoisotopic (exact) mass is 395 g/mol. The molecule has 0 spiro atoms. The molecule has 4 atom stereocenters. The van der Waals surface area contributed by atoms with Gasteiger partial charge in [-0.25, -0.2) is 4.39 Å². The Hall–Kier alpha value is -2.93. The Morgan fingerprint density at radius 2 is 2.00 bits per heavy atom. The summed E-state index contributed by atoms with van der Waals surface area (Å²) in [5, 5.41) is 3.73. The fraction of sp³-hybridized carbons (Fsp3) is 0.381. The zero-order valence-corrected chi connectivity index (χ0v) is 15.8. The molecule has 150 valence electrons. The maximum Gasteiger partial charge on any atom is 0.252 e. The number of nitrogens with two attached hydrogens (primary N) is 1. The van der Waals surface area contributed by atoms with Crippen LogP contribution in [0.3, 0.4) is 0 Å². The molecule has 1 saturated heterocycles. The van der Waals surface area contributed by atoms with E-state index in [9.17, 15) is 9.18 Å². The van der Waals surface area contributed by atoms with Crippen molar-refractivity contribution in [3.63, 3.8) is 0 Å². The van der Waals surface area contributed by atoms with E-state index in [1.54, 1.807) is 17.0 Å². The summed E-state index contributed by atoms with van der Waals surface area (Å²) >= 11 is 0. The summed E-state index contributed by atoms with van der Waals surface area (Å²) in [6, 6.07) is 13.0. The van der Waals surface area contributed by atoms with Crippen molar-refractivity contribution >= 4 is 5.91 Å². The first kappa shape index (κ1) is 19.4. The van der Waals surface area contributed by atoms with Gasteiger partial charge in [-0.1, -0.05) is 41.5 Å². The molecule has 0 radical (unpaired) electrons. The van der Waals surface area contributed by atoms with Gasteiger partial charge in [-0.15, -0.1) is 0 Å². The van der Waals surface area contributed by atoms with Gasteiger partial charge in [0.2, 0.25) is 0 Å². The fourth-order valence-corrected chi connectivity index (χ4v) is 4.17. The highest BCUT2D eigenvalue weighted by molar-refractivity contribution is 5.82. The third-order valence-electron chi connectivity index (χ3n) is 5.67. The van der Waals surface area contributed by atoms with E-state index in [1.165, 1.54) is 17.7 Å². The Morgan fingerprint density at radius 1 is 1.24 bits per heavy atom. The van der Waals surface area contributed by atoms with E-state index < -0.39 is 18.2 Å². The molecule has 1 unspecified atom stereocenters. The van der Waals surface area contributed by atoms with Crippen molar-refractivity contribution in [2.24, 2.45) is 10.8 Å². The lowest BCUT2D eigenvalue weighted by molar-refractivity contribution is -0.149. The summed E-state index contributed by atoms with van der Waals surface area (Å²) in [6.45, 7) is 0.682. The normalized spacial score (nSPS) is 26.3. The van der Waals surface area contributed by atoms with Crippen LogP contribution in [-0.2, 0) is 16.0 Å². The molecule has 7 nitrogen and oxygen atoms in total. The van der Waals surface area contributed by atoms with Crippen LogP contribution >= 0.6 is 0 Å². The van der Waals surface area contributed by atoms with Gasteiger partial charge in [0.25, 0.3) is 5.91 Å². The highest BCUT2D eigenvalue weighted by atomic mass is 19.1. The Morgan fingerprint density at radius 3 is 2.76 bits per heavy atom. The third-order valence-corrected chi connectivity index (χ3v) is 5.67. The van der Waals surface area contributed by atoms with Crippen molar-refractivity contribution in [2.75, 3.05) is 13.2 Å². The zero-order chi connectivity index (χ0) is 20.4. The molecule has 0 aromatic heterocycles. The number of amides is 1. The molecule has 2 aliphatic rings. The van der Waals surface area contributed by atoms with Gasteiger partial charge in [0.15, 0.2) is 0 Å². The smallest absolute Gasteiger partial charge is 0.252 e. The summed E-state index contributed by atoms with van der Waals surface area (Å²) < 4.78 is 19.2. The highest BCUT2D eigenvalue weighted by Gasteiger charge is 2.39. The number of nitrogens with zero attached hydrogens (tertiary/aromatic N) is 4. The van der Waals surface area contributed by atoms with Crippen molar-refractivity contribution < 1.29 is 13.9 Å². The second-order valence-corrected chi connectivity index (χ2v) is 7.43. The van der Waals surface area contributed by atoms with Crippen LogP contribution in [0.15, 0.2) is 53.6 Å². The van der Waals surface area contributed by atoms with E-state index in [0.717, 1.165) is 17.5 Å². The van der Waals surface area contributed by atoms with Crippen LogP contribution in [0.1, 0.15) is 29.2 Å². The van der Waals surface area contributed by atoms with Crippen molar-refractivity contribution in [3.8, 4) is 0 Å². The van der Waals surface area contributed by atoms with E-state index >= 15 is 0 Å². The minimum Gasteiger partial charge on any atom is -0.367 e. The van der Waals surface area contributed by atoms with Gasteiger partial charge in [0.05, 0.1) is 18.7 Å². The van der Waals surface area contributed by atoms with Gasteiger partial charge in [-0.3, -0.25) is 4.79 Å². The van der Waals surface area contributed by atoms with E-state index in [1.807, 2.05) is 18.2 Å². The van der Waals surface area contributed by atoms with Crippen molar-refractivity contribution in [1.82, 2.24) is 4.90 Å². The van der Waals surface area contributed by atoms with E-state index in [0.29, 0.717) is 6.54 Å². The molecule has 2 aromatic carbocycles. The lowest BCUT2D eigenvalue weighted by Gasteiger charge is -2.41. The summed E-state index contributed by atoms with van der Waals surface area (Å²) in [5.41, 5.74) is 17.8. The SMILES string of the molecule is [N-]=[N+]=NC1C[C@H](C(=O)N2CCc3ccccc3[C@@H]2c2ccc(F)cc2)OC[C@@H]1N. The van der Waals surface area contributed by atoms with Gasteiger partial charge < -0.3 is 15.4 Å². The van der Waals surface area contributed by atoms with Crippen LogP contribution < -0.4 is 5.73 Å². The summed E-state index contributed by atoms with van der Waals surface area (Å²) in [5.74, 6) is -0.489. The molecule has 4 rings (SSSR count). The quantitative estimate of drug-likeness (QED) is 0.490. The summed E-state index contributed by atoms with van der Waals surface area (Å²) in [4.78, 5) is 18.0. The number of azide groups is 1. The average molecular weight is 395 g/mol. The van der Waals surface area contributed by atoms with Crippen LogP contribution in [0.25, 0.3) is 10.4 Å². The van der Waals surface area contributed by atoms with Crippen molar-refractivity contribution in [2.45, 2.75) is 37.1 Å². The van der Waals surface area contributed by atoms with Crippen molar-refractivity contribution in [1.29, 1.82) is 0 Å². The minimum absolute atomic E-state index is 0.158. The molecular weight excluding hydrogens is 373 g/mol. The Bertz CT molecular complexity index is 944. The molecule has 2 aliphatic heterocycles. The Kier molecular flexibility index (Phi) is 5.49. The van der Waals surface area contributed by atoms with Crippen molar-refractivity contribution in [3.05, 3.63) is 81.5 Å². The van der Waals surface area contributed by atoms with Gasteiger partial charge in [-0.05, 0) is 47.2 Å². The van der Waals surface area contributed by atoms with Gasteiger partial charge in [-0.2, -0.15) is 0 Å². The number of carbonyl (C=O) groups excluding carboxylic acids is 1. The number of ether oxygens (including phenoxy) is 1. The molecular formula is C21H22FN5O2. The number of fused-ring (bicyclic) bond motifs is 1. The average Bonchev–Trinajstić information content (AvgIpc) is 2.75. The number of hydrogen-bond donors (Lipinski definition) is 1. The van der Waals surface area contributed by atoms with E-state index in [-0.39, 0.29) is 30.8 Å². The maximum atomic E-state index is 13.5. The molecule has 8 heteroatoms. The molecule has 2 aromatic rings. The second kappa shape index (κ2) is 8.21. The first-order chi connectivity index (χ1) is 14.1. The first-order valence-electron chi connectivity index (χ1n) is 9.63. The Balaban J connectivity index is 1.67. The number of rotatable bonds is 3.